The summed E-state index contributed by atoms with van der Waals surface area (Å²) in [6, 6.07) is 0. The van der Waals surface area contributed by atoms with Crippen LogP contribution in [0.3, 0.4) is 0 Å². The van der Waals surface area contributed by atoms with Gasteiger partial charge in [-0.05, 0) is 44.9 Å². The Morgan fingerprint density at radius 2 is 1.32 bits per heavy atom. The fraction of sp³-hybridized carbons (Fsp3) is 0.806. The van der Waals surface area contributed by atoms with Gasteiger partial charge in [0, 0.05) is 19.4 Å². The van der Waals surface area contributed by atoms with E-state index in [-0.39, 0.29) is 32.1 Å². The lowest BCUT2D eigenvalue weighted by Crippen LogP contribution is -2.27. The minimum atomic E-state index is -4.40. The van der Waals surface area contributed by atoms with Crippen LogP contribution < -0.4 is 5.32 Å². The average Bonchev–Trinajstić information content (AvgIpc) is 2.95. The van der Waals surface area contributed by atoms with Crippen LogP contribution in [0.4, 0.5) is 0 Å². The van der Waals surface area contributed by atoms with Gasteiger partial charge >= 0.3 is 13.8 Å². The summed E-state index contributed by atoms with van der Waals surface area (Å²) < 4.78 is 26.5. The molecule has 0 aromatic carbocycles. The molecule has 2 unspecified atom stereocenters. The van der Waals surface area contributed by atoms with Gasteiger partial charge in [-0.25, -0.2) is 4.57 Å². The normalized spacial score (nSPS) is 14.0. The maximum absolute atomic E-state index is 11.9. The number of hydrogen-bond acceptors (Lipinski definition) is 7. The lowest BCUT2D eigenvalue weighted by Gasteiger charge is -2.15. The Balaban J connectivity index is 3.66. The number of phosphoric ester groups is 1. The molecule has 0 aliphatic carbocycles. The Morgan fingerprint density at radius 3 is 2.00 bits per heavy atom. The van der Waals surface area contributed by atoms with Gasteiger partial charge < -0.3 is 20.1 Å². The second kappa shape index (κ2) is 28.6. The minimum Gasteiger partial charge on any atom is -0.463 e. The molecule has 0 aliphatic rings. The summed E-state index contributed by atoms with van der Waals surface area (Å²) in [7, 11) is -4.40. The van der Waals surface area contributed by atoms with Crippen LogP contribution in [0.5, 0.6) is 0 Å². The van der Waals surface area contributed by atoms with Gasteiger partial charge in [0.05, 0.1) is 13.2 Å². The van der Waals surface area contributed by atoms with E-state index in [1.807, 2.05) is 0 Å². The van der Waals surface area contributed by atoms with Crippen molar-refractivity contribution in [2.45, 2.75) is 136 Å². The predicted octanol–water partition coefficient (Wildman–Crippen LogP) is 7.31. The van der Waals surface area contributed by atoms with Gasteiger partial charge in [0.1, 0.15) is 12.7 Å². The zero-order valence-electron chi connectivity index (χ0n) is 25.7. The number of carbonyl (C=O) groups excluding carboxylic acids is 2. The number of nitrogens with one attached hydrogen (secondary N) is 1. The molecule has 9 nitrogen and oxygen atoms in total. The van der Waals surface area contributed by atoms with Crippen LogP contribution >= 0.6 is 7.82 Å². The Bertz CT molecular complexity index is 744. The van der Waals surface area contributed by atoms with Crippen LogP contribution in [0.25, 0.3) is 0 Å². The van der Waals surface area contributed by atoms with E-state index in [1.165, 1.54) is 25.7 Å². The highest BCUT2D eigenvalue weighted by molar-refractivity contribution is 7.47. The number of hydrogen-bond donors (Lipinski definition) is 3. The van der Waals surface area contributed by atoms with Crippen molar-refractivity contribution in [2.24, 2.45) is 0 Å². The third-order valence-electron chi connectivity index (χ3n) is 6.38. The van der Waals surface area contributed by atoms with Crippen molar-refractivity contribution < 1.29 is 37.9 Å². The van der Waals surface area contributed by atoms with Gasteiger partial charge in [-0.15, -0.1) is 0 Å². The molecule has 41 heavy (non-hydrogen) atoms. The van der Waals surface area contributed by atoms with Crippen molar-refractivity contribution >= 4 is 19.7 Å². The van der Waals surface area contributed by atoms with Crippen LogP contribution in [0, 0.1) is 0 Å². The molecule has 0 aliphatic heterocycles. The first-order chi connectivity index (χ1) is 19.8. The van der Waals surface area contributed by atoms with E-state index in [1.54, 1.807) is 0 Å². The molecule has 0 saturated carbocycles. The van der Waals surface area contributed by atoms with E-state index < -0.39 is 26.5 Å². The topological polar surface area (TPSA) is 131 Å². The van der Waals surface area contributed by atoms with E-state index in [9.17, 15) is 24.2 Å². The molecule has 1 amide bonds. The first kappa shape index (κ1) is 39.5. The molecule has 240 valence electrons. The van der Waals surface area contributed by atoms with E-state index in [0.717, 1.165) is 77.0 Å². The van der Waals surface area contributed by atoms with Crippen molar-refractivity contribution in [3.8, 4) is 0 Å². The molecular weight excluding hydrogens is 545 g/mol. The molecule has 0 saturated heterocycles. The number of phosphoric acid groups is 1. The van der Waals surface area contributed by atoms with E-state index in [4.69, 9.17) is 13.8 Å². The predicted molar refractivity (Wildman–Crippen MR) is 164 cm³/mol. The smallest absolute Gasteiger partial charge is 0.463 e. The fourth-order valence-electron chi connectivity index (χ4n) is 3.94. The van der Waals surface area contributed by atoms with Gasteiger partial charge in [-0.2, -0.15) is 0 Å². The van der Waals surface area contributed by atoms with Crippen LogP contribution in [0.1, 0.15) is 129 Å². The van der Waals surface area contributed by atoms with Crippen molar-refractivity contribution in [1.29, 1.82) is 0 Å². The molecule has 0 aromatic rings. The molecule has 0 bridgehead atoms. The number of allylic oxidation sites excluding steroid dienone is 4. The molecule has 3 N–H and O–H groups in total. The molecule has 0 spiro atoms. The number of unbranched alkanes of at least 4 members (excludes halogenated alkanes) is 12. The van der Waals surface area contributed by atoms with Crippen molar-refractivity contribution in [1.82, 2.24) is 5.32 Å². The number of ether oxygens (including phenoxy) is 1. The number of amides is 1. The van der Waals surface area contributed by atoms with Gasteiger partial charge in [-0.1, -0.05) is 95.9 Å². The maximum atomic E-state index is 11.9. The molecule has 10 heteroatoms. The second-order valence-corrected chi connectivity index (χ2v) is 11.9. The molecule has 2 atom stereocenters. The Morgan fingerprint density at radius 1 is 0.756 bits per heavy atom. The Hall–Kier alpha value is -1.51. The van der Waals surface area contributed by atoms with Crippen LogP contribution in [-0.2, 0) is 27.9 Å². The quantitative estimate of drug-likeness (QED) is 0.0351. The van der Waals surface area contributed by atoms with Gasteiger partial charge in [-0.3, -0.25) is 18.6 Å². The maximum Gasteiger partial charge on any atom is 0.472 e. The number of aliphatic hydroxyl groups excluding tert-OH is 1. The molecule has 0 aromatic heterocycles. The fourth-order valence-corrected chi connectivity index (χ4v) is 4.69. The minimum absolute atomic E-state index is 0.0748. The number of rotatable bonds is 29. The largest absolute Gasteiger partial charge is 0.472 e. The second-order valence-electron chi connectivity index (χ2n) is 10.4. The number of esters is 1. The lowest BCUT2D eigenvalue weighted by molar-refractivity contribution is -0.147. The molecular formula is C31H58NO8P. The van der Waals surface area contributed by atoms with E-state index in [0.29, 0.717) is 6.42 Å². The zero-order chi connectivity index (χ0) is 30.4. The summed E-state index contributed by atoms with van der Waals surface area (Å²) >= 11 is 0. The average molecular weight is 604 g/mol. The molecule has 0 rings (SSSR count). The van der Waals surface area contributed by atoms with Crippen LogP contribution in [-0.4, -0.2) is 54.3 Å². The SMILES string of the molecule is CCCCC/C=C\C/C=C\CCCCCCCC(=O)NCCOP(=O)(O)OCC(O)COC(=O)CCCCCCC. The first-order valence-corrected chi connectivity index (χ1v) is 17.3. The van der Waals surface area contributed by atoms with Gasteiger partial charge in [0.15, 0.2) is 0 Å². The standard InChI is InChI=1S/C31H58NO8P/c1-3-5-7-9-10-11-12-13-14-15-16-17-18-20-21-23-30(34)32-25-26-39-41(36,37)40-28-29(33)27-38-31(35)24-22-19-8-6-4-2/h10-11,13-14,29,33H,3-9,12,15-28H2,1-2H3,(H,32,34)(H,36,37)/b11-10-,14-13-. The third kappa shape index (κ3) is 29.8. The van der Waals surface area contributed by atoms with E-state index >= 15 is 0 Å². The molecule has 0 heterocycles. The first-order valence-electron chi connectivity index (χ1n) is 15.8. The number of aliphatic hydroxyl groups is 1. The summed E-state index contributed by atoms with van der Waals surface area (Å²) in [5.74, 6) is -0.546. The molecule has 0 radical (unpaired) electrons. The van der Waals surface area contributed by atoms with Crippen molar-refractivity contribution in [2.75, 3.05) is 26.4 Å². The zero-order valence-corrected chi connectivity index (χ0v) is 26.6. The van der Waals surface area contributed by atoms with Gasteiger partial charge in [0.25, 0.3) is 0 Å². The van der Waals surface area contributed by atoms with Crippen LogP contribution in [0.2, 0.25) is 0 Å². The number of carbonyl (C=O) groups is 2. The summed E-state index contributed by atoms with van der Waals surface area (Å²) in [5, 5.41) is 12.5. The van der Waals surface area contributed by atoms with Crippen LogP contribution in [0.15, 0.2) is 24.3 Å². The summed E-state index contributed by atoms with van der Waals surface area (Å²) in [5.41, 5.74) is 0. The van der Waals surface area contributed by atoms with Crippen molar-refractivity contribution in [3.63, 3.8) is 0 Å². The summed E-state index contributed by atoms with van der Waals surface area (Å²) in [6.07, 6.45) is 25.8. The highest BCUT2D eigenvalue weighted by Crippen LogP contribution is 2.42. The Kier molecular flexibility index (Phi) is 27.5. The van der Waals surface area contributed by atoms with Gasteiger partial charge in [0.2, 0.25) is 5.91 Å². The molecule has 0 fully saturated rings. The lowest BCUT2D eigenvalue weighted by atomic mass is 10.1. The Labute approximate surface area is 249 Å². The monoisotopic (exact) mass is 603 g/mol. The highest BCUT2D eigenvalue weighted by Gasteiger charge is 2.23. The summed E-state index contributed by atoms with van der Waals surface area (Å²) in [4.78, 5) is 33.3. The van der Waals surface area contributed by atoms with Crippen molar-refractivity contribution in [3.05, 3.63) is 24.3 Å². The third-order valence-corrected chi connectivity index (χ3v) is 7.37. The van der Waals surface area contributed by atoms with E-state index in [2.05, 4.69) is 43.5 Å². The summed E-state index contributed by atoms with van der Waals surface area (Å²) in [6.45, 7) is 3.37. The highest BCUT2D eigenvalue weighted by atomic mass is 31.2.